The van der Waals surface area contributed by atoms with Gasteiger partial charge in [0.1, 0.15) is 18.4 Å². The SMILES string of the molecule is CCNC(=NCCCCn1cnnc1)NC1CCCN(c2cccc(OC)c2)C1. The van der Waals surface area contributed by atoms with Crippen molar-refractivity contribution in [3.63, 3.8) is 0 Å². The van der Waals surface area contributed by atoms with Crippen molar-refractivity contribution in [3.05, 3.63) is 36.9 Å². The molecule has 1 aromatic heterocycles. The number of rotatable bonds is 9. The van der Waals surface area contributed by atoms with Crippen LogP contribution in [0.25, 0.3) is 0 Å². The van der Waals surface area contributed by atoms with Gasteiger partial charge in [0.05, 0.1) is 7.11 Å². The summed E-state index contributed by atoms with van der Waals surface area (Å²) in [4.78, 5) is 7.19. The largest absolute Gasteiger partial charge is 0.497 e. The predicted octanol–water partition coefficient (Wildman–Crippen LogP) is 2.29. The highest BCUT2D eigenvalue weighted by molar-refractivity contribution is 5.80. The molecule has 8 heteroatoms. The van der Waals surface area contributed by atoms with Gasteiger partial charge in [0, 0.05) is 50.5 Å². The third kappa shape index (κ3) is 6.66. The fraction of sp³-hybridized carbons (Fsp3) is 0.571. The Kier molecular flexibility index (Phi) is 8.15. The zero-order valence-corrected chi connectivity index (χ0v) is 17.5. The van der Waals surface area contributed by atoms with Crippen LogP contribution < -0.4 is 20.3 Å². The number of nitrogens with one attached hydrogen (secondary N) is 2. The van der Waals surface area contributed by atoms with Crippen LogP contribution in [0.15, 0.2) is 41.9 Å². The lowest BCUT2D eigenvalue weighted by atomic mass is 10.0. The lowest BCUT2D eigenvalue weighted by molar-refractivity contribution is 0.414. The van der Waals surface area contributed by atoms with E-state index in [0.29, 0.717) is 6.04 Å². The highest BCUT2D eigenvalue weighted by Crippen LogP contribution is 2.24. The van der Waals surface area contributed by atoms with Gasteiger partial charge in [-0.15, -0.1) is 10.2 Å². The Bertz CT molecular complexity index is 747. The number of aryl methyl sites for hydroxylation is 1. The average molecular weight is 400 g/mol. The van der Waals surface area contributed by atoms with Crippen molar-refractivity contribution in [2.45, 2.75) is 45.2 Å². The summed E-state index contributed by atoms with van der Waals surface area (Å²) in [5, 5.41) is 14.7. The lowest BCUT2D eigenvalue weighted by Crippen LogP contribution is -2.51. The monoisotopic (exact) mass is 399 g/mol. The van der Waals surface area contributed by atoms with Crippen LogP contribution in [0, 0.1) is 0 Å². The minimum absolute atomic E-state index is 0.379. The molecule has 1 aromatic carbocycles. The molecule has 0 bridgehead atoms. The van der Waals surface area contributed by atoms with Crippen LogP contribution in [0.5, 0.6) is 5.75 Å². The van der Waals surface area contributed by atoms with E-state index >= 15 is 0 Å². The van der Waals surface area contributed by atoms with Crippen LogP contribution in [0.2, 0.25) is 0 Å². The number of benzene rings is 1. The molecule has 1 unspecified atom stereocenters. The maximum absolute atomic E-state index is 5.38. The Morgan fingerprint density at radius 3 is 2.93 bits per heavy atom. The van der Waals surface area contributed by atoms with E-state index in [1.165, 1.54) is 5.69 Å². The fourth-order valence-corrected chi connectivity index (χ4v) is 3.58. The van der Waals surface area contributed by atoms with Crippen LogP contribution in [0.4, 0.5) is 5.69 Å². The van der Waals surface area contributed by atoms with Gasteiger partial charge in [0.15, 0.2) is 5.96 Å². The Hall–Kier alpha value is -2.77. The first-order chi connectivity index (χ1) is 14.3. The molecule has 1 fully saturated rings. The van der Waals surface area contributed by atoms with Crippen LogP contribution in [0.3, 0.4) is 0 Å². The minimum Gasteiger partial charge on any atom is -0.497 e. The molecule has 29 heavy (non-hydrogen) atoms. The molecule has 158 valence electrons. The number of unbranched alkanes of at least 4 members (excludes halogenated alkanes) is 1. The van der Waals surface area contributed by atoms with Crippen molar-refractivity contribution < 1.29 is 4.74 Å². The Morgan fingerprint density at radius 2 is 2.14 bits per heavy atom. The molecule has 1 atom stereocenters. The van der Waals surface area contributed by atoms with Crippen molar-refractivity contribution in [1.82, 2.24) is 25.4 Å². The number of hydrogen-bond donors (Lipinski definition) is 2. The summed E-state index contributed by atoms with van der Waals surface area (Å²) in [5.74, 6) is 1.81. The number of ether oxygens (including phenoxy) is 1. The average Bonchev–Trinajstić information content (AvgIpc) is 3.27. The third-order valence-corrected chi connectivity index (χ3v) is 5.09. The maximum atomic E-state index is 5.38. The summed E-state index contributed by atoms with van der Waals surface area (Å²) < 4.78 is 7.38. The molecule has 2 aromatic rings. The quantitative estimate of drug-likeness (QED) is 0.383. The van der Waals surface area contributed by atoms with Crippen molar-refractivity contribution in [3.8, 4) is 5.75 Å². The zero-order valence-electron chi connectivity index (χ0n) is 17.5. The number of methoxy groups -OCH3 is 1. The smallest absolute Gasteiger partial charge is 0.191 e. The first kappa shape index (κ1) is 21.0. The molecule has 2 N–H and O–H groups in total. The highest BCUT2D eigenvalue weighted by atomic mass is 16.5. The van der Waals surface area contributed by atoms with Gasteiger partial charge in [0.25, 0.3) is 0 Å². The first-order valence-corrected chi connectivity index (χ1v) is 10.5. The van der Waals surface area contributed by atoms with Gasteiger partial charge in [-0.1, -0.05) is 6.07 Å². The number of aromatic nitrogens is 3. The number of hydrogen-bond acceptors (Lipinski definition) is 5. The minimum atomic E-state index is 0.379. The summed E-state index contributed by atoms with van der Waals surface area (Å²) in [7, 11) is 1.71. The molecule has 3 rings (SSSR count). The summed E-state index contributed by atoms with van der Waals surface area (Å²) in [6, 6.07) is 8.68. The van der Waals surface area contributed by atoms with Gasteiger partial charge in [-0.25, -0.2) is 0 Å². The molecule has 0 saturated carbocycles. The maximum Gasteiger partial charge on any atom is 0.191 e. The van der Waals surface area contributed by atoms with E-state index < -0.39 is 0 Å². The Labute approximate surface area is 173 Å². The zero-order chi connectivity index (χ0) is 20.3. The molecule has 1 aliphatic rings. The molecule has 0 spiro atoms. The first-order valence-electron chi connectivity index (χ1n) is 10.5. The second-order valence-electron chi connectivity index (χ2n) is 7.30. The predicted molar refractivity (Wildman–Crippen MR) is 117 cm³/mol. The van der Waals surface area contributed by atoms with E-state index in [9.17, 15) is 0 Å². The van der Waals surface area contributed by atoms with Gasteiger partial charge < -0.3 is 24.8 Å². The molecular formula is C21H33N7O. The standard InChI is InChI=1S/C21H33N7O/c1-3-22-21(23-11-4-5-12-27-16-24-25-17-27)26-18-8-7-13-28(15-18)19-9-6-10-20(14-19)29-2/h6,9-10,14,16-18H,3-5,7-8,11-13,15H2,1-2H3,(H2,22,23,26). The normalized spacial score (nSPS) is 17.2. The number of piperidine rings is 1. The second kappa shape index (κ2) is 11.3. The van der Waals surface area contributed by atoms with E-state index in [1.807, 2.05) is 10.6 Å². The van der Waals surface area contributed by atoms with E-state index in [4.69, 9.17) is 9.73 Å². The third-order valence-electron chi connectivity index (χ3n) is 5.09. The summed E-state index contributed by atoms with van der Waals surface area (Å²) >= 11 is 0. The van der Waals surface area contributed by atoms with Gasteiger partial charge in [0.2, 0.25) is 0 Å². The molecule has 0 radical (unpaired) electrons. The van der Waals surface area contributed by atoms with Crippen molar-refractivity contribution >= 4 is 11.6 Å². The Morgan fingerprint density at radius 1 is 1.28 bits per heavy atom. The topological polar surface area (TPSA) is 79.6 Å². The second-order valence-corrected chi connectivity index (χ2v) is 7.30. The van der Waals surface area contributed by atoms with Crippen LogP contribution >= 0.6 is 0 Å². The number of anilines is 1. The summed E-state index contributed by atoms with van der Waals surface area (Å²) in [5.41, 5.74) is 1.21. The molecule has 0 amide bonds. The Balaban J connectivity index is 1.49. The number of guanidine groups is 1. The summed E-state index contributed by atoms with van der Waals surface area (Å²) in [6.45, 7) is 6.74. The van der Waals surface area contributed by atoms with Gasteiger partial charge in [-0.2, -0.15) is 0 Å². The highest BCUT2D eigenvalue weighted by Gasteiger charge is 2.21. The molecule has 1 aliphatic heterocycles. The van der Waals surface area contributed by atoms with Crippen molar-refractivity contribution in [1.29, 1.82) is 0 Å². The van der Waals surface area contributed by atoms with Gasteiger partial charge in [-0.05, 0) is 44.7 Å². The van der Waals surface area contributed by atoms with Gasteiger partial charge >= 0.3 is 0 Å². The molecule has 0 aliphatic carbocycles. The number of aliphatic imine (C=N–C) groups is 1. The van der Waals surface area contributed by atoms with E-state index in [1.54, 1.807) is 19.8 Å². The summed E-state index contributed by atoms with van der Waals surface area (Å²) in [6.07, 6.45) is 7.92. The van der Waals surface area contributed by atoms with Crippen LogP contribution in [-0.2, 0) is 6.54 Å². The molecular weight excluding hydrogens is 366 g/mol. The van der Waals surface area contributed by atoms with Crippen molar-refractivity contribution in [2.24, 2.45) is 4.99 Å². The van der Waals surface area contributed by atoms with E-state index in [0.717, 1.165) is 70.1 Å². The van der Waals surface area contributed by atoms with Crippen LogP contribution in [0.1, 0.15) is 32.6 Å². The van der Waals surface area contributed by atoms with Crippen molar-refractivity contribution in [2.75, 3.05) is 38.2 Å². The van der Waals surface area contributed by atoms with E-state index in [-0.39, 0.29) is 0 Å². The fourth-order valence-electron chi connectivity index (χ4n) is 3.58. The van der Waals surface area contributed by atoms with Crippen LogP contribution in [-0.4, -0.2) is 60.1 Å². The molecule has 1 saturated heterocycles. The molecule has 2 heterocycles. The van der Waals surface area contributed by atoms with E-state index in [2.05, 4.69) is 50.9 Å². The number of nitrogens with zero attached hydrogens (tertiary/aromatic N) is 5. The molecule has 8 nitrogen and oxygen atoms in total. The van der Waals surface area contributed by atoms with Gasteiger partial charge in [-0.3, -0.25) is 4.99 Å². The lowest BCUT2D eigenvalue weighted by Gasteiger charge is -2.35.